The Hall–Kier alpha value is -2.56. The first-order valence-corrected chi connectivity index (χ1v) is 6.50. The maximum absolute atomic E-state index is 11.4. The number of benzene rings is 1. The molecule has 1 heterocycles. The molecule has 0 aromatic heterocycles. The Morgan fingerprint density at radius 3 is 2.10 bits per heavy atom. The average molecular weight is 287 g/mol. The fraction of sp³-hybridized carbons (Fsp3) is 0.250. The molecule has 0 aliphatic carbocycles. The van der Waals surface area contributed by atoms with Crippen LogP contribution in [0, 0.1) is 6.92 Å². The van der Waals surface area contributed by atoms with Gasteiger partial charge in [-0.15, -0.1) is 0 Å². The zero-order valence-corrected chi connectivity index (χ0v) is 12.1. The van der Waals surface area contributed by atoms with Gasteiger partial charge in [0.05, 0.1) is 0 Å². The molecule has 1 unspecified atom stereocenters. The van der Waals surface area contributed by atoms with Crippen LogP contribution < -0.4 is 5.32 Å². The summed E-state index contributed by atoms with van der Waals surface area (Å²) in [5.41, 5.74) is 1.52. The molecule has 0 spiro atoms. The number of hydrogen-bond acceptors (Lipinski definition) is 3. The summed E-state index contributed by atoms with van der Waals surface area (Å²) in [6, 6.07) is 7.62. The van der Waals surface area contributed by atoms with Crippen LogP contribution in [-0.2, 0) is 15.0 Å². The Labute approximate surface area is 122 Å². The molecule has 0 bridgehead atoms. The standard InChI is InChI=1S/C16H17NO4/c1-9-4-6-11(7-5-9)16(3)8-12(14(18)19)17-13(10(16)2)15(20)21/h4-8,17H,1-3H3,(H,18,19)(H,20,21). The molecule has 0 fully saturated rings. The molecular formula is C16H17NO4. The van der Waals surface area contributed by atoms with Gasteiger partial charge in [0.25, 0.3) is 0 Å². The summed E-state index contributed by atoms with van der Waals surface area (Å²) in [7, 11) is 0. The van der Waals surface area contributed by atoms with Crippen molar-refractivity contribution < 1.29 is 19.8 Å². The molecule has 2 rings (SSSR count). The molecular weight excluding hydrogens is 270 g/mol. The van der Waals surface area contributed by atoms with Gasteiger partial charge in [-0.25, -0.2) is 9.59 Å². The fourth-order valence-corrected chi connectivity index (χ4v) is 2.45. The van der Waals surface area contributed by atoms with Gasteiger partial charge in [-0.05, 0) is 38.0 Å². The lowest BCUT2D eigenvalue weighted by atomic mass is 9.73. The summed E-state index contributed by atoms with van der Waals surface area (Å²) in [5, 5.41) is 21.0. The number of hydrogen-bond donors (Lipinski definition) is 3. The molecule has 0 amide bonds. The molecule has 5 nitrogen and oxygen atoms in total. The molecule has 1 aromatic rings. The van der Waals surface area contributed by atoms with Crippen molar-refractivity contribution in [2.45, 2.75) is 26.2 Å². The van der Waals surface area contributed by atoms with Crippen molar-refractivity contribution in [3.05, 3.63) is 58.4 Å². The fourth-order valence-electron chi connectivity index (χ4n) is 2.45. The number of rotatable bonds is 3. The summed E-state index contributed by atoms with van der Waals surface area (Å²) in [6.07, 6.45) is 1.56. The Balaban J connectivity index is 2.65. The van der Waals surface area contributed by atoms with Crippen molar-refractivity contribution in [1.82, 2.24) is 5.32 Å². The van der Waals surface area contributed by atoms with E-state index in [1.54, 1.807) is 13.0 Å². The maximum atomic E-state index is 11.4. The molecule has 0 saturated heterocycles. The van der Waals surface area contributed by atoms with Gasteiger partial charge < -0.3 is 15.5 Å². The Bertz CT molecular complexity index is 670. The van der Waals surface area contributed by atoms with Gasteiger partial charge in [0.15, 0.2) is 0 Å². The SMILES string of the molecule is CC1=C(C(=O)O)NC(C(=O)O)=CC1(C)c1ccc(C)cc1. The summed E-state index contributed by atoms with van der Waals surface area (Å²) in [6.45, 7) is 5.48. The number of aryl methyl sites for hydroxylation is 1. The largest absolute Gasteiger partial charge is 0.477 e. The van der Waals surface area contributed by atoms with E-state index in [9.17, 15) is 19.8 Å². The van der Waals surface area contributed by atoms with Crippen molar-refractivity contribution in [2.75, 3.05) is 0 Å². The Kier molecular flexibility index (Phi) is 3.60. The van der Waals surface area contributed by atoms with Gasteiger partial charge in [0.2, 0.25) is 0 Å². The molecule has 5 heteroatoms. The molecule has 1 aliphatic heterocycles. The number of aliphatic carboxylic acids is 2. The van der Waals surface area contributed by atoms with E-state index in [0.29, 0.717) is 5.57 Å². The van der Waals surface area contributed by atoms with Crippen molar-refractivity contribution in [2.24, 2.45) is 0 Å². The summed E-state index contributed by atoms with van der Waals surface area (Å²) >= 11 is 0. The molecule has 1 aliphatic rings. The highest BCUT2D eigenvalue weighted by molar-refractivity contribution is 5.94. The maximum Gasteiger partial charge on any atom is 0.352 e. The monoisotopic (exact) mass is 287 g/mol. The van der Waals surface area contributed by atoms with Gasteiger partial charge in [0.1, 0.15) is 11.4 Å². The number of nitrogens with one attached hydrogen (secondary N) is 1. The first-order chi connectivity index (χ1) is 9.75. The molecule has 3 N–H and O–H groups in total. The number of dihydropyridines is 1. The predicted octanol–water partition coefficient (Wildman–Crippen LogP) is 2.18. The zero-order valence-electron chi connectivity index (χ0n) is 12.1. The van der Waals surface area contributed by atoms with E-state index in [1.807, 2.05) is 38.1 Å². The highest BCUT2D eigenvalue weighted by atomic mass is 16.4. The van der Waals surface area contributed by atoms with E-state index in [0.717, 1.165) is 11.1 Å². The van der Waals surface area contributed by atoms with E-state index < -0.39 is 17.4 Å². The third kappa shape index (κ3) is 2.54. The van der Waals surface area contributed by atoms with Crippen LogP contribution in [0.3, 0.4) is 0 Å². The molecule has 21 heavy (non-hydrogen) atoms. The highest BCUT2D eigenvalue weighted by Gasteiger charge is 2.36. The molecule has 0 radical (unpaired) electrons. The quantitative estimate of drug-likeness (QED) is 0.793. The Morgan fingerprint density at radius 2 is 1.62 bits per heavy atom. The van der Waals surface area contributed by atoms with E-state index in [2.05, 4.69) is 5.32 Å². The first-order valence-electron chi connectivity index (χ1n) is 6.50. The van der Waals surface area contributed by atoms with Gasteiger partial charge in [-0.1, -0.05) is 29.8 Å². The van der Waals surface area contributed by atoms with Crippen molar-refractivity contribution in [1.29, 1.82) is 0 Å². The van der Waals surface area contributed by atoms with Crippen molar-refractivity contribution in [3.8, 4) is 0 Å². The van der Waals surface area contributed by atoms with Gasteiger partial charge in [-0.3, -0.25) is 0 Å². The topological polar surface area (TPSA) is 86.6 Å². The molecule has 110 valence electrons. The second kappa shape index (κ2) is 5.09. The van der Waals surface area contributed by atoms with Gasteiger partial charge in [0, 0.05) is 5.41 Å². The number of allylic oxidation sites excluding steroid dienone is 2. The van der Waals surface area contributed by atoms with Crippen LogP contribution in [0.5, 0.6) is 0 Å². The third-order valence-corrected chi connectivity index (χ3v) is 3.94. The molecule has 0 saturated carbocycles. The molecule has 1 atom stereocenters. The van der Waals surface area contributed by atoms with Gasteiger partial charge in [-0.2, -0.15) is 0 Å². The lowest BCUT2D eigenvalue weighted by Crippen LogP contribution is -2.37. The van der Waals surface area contributed by atoms with Crippen LogP contribution in [0.15, 0.2) is 47.3 Å². The zero-order chi connectivity index (χ0) is 15.8. The highest BCUT2D eigenvalue weighted by Crippen LogP contribution is 2.38. The van der Waals surface area contributed by atoms with Crippen LogP contribution in [0.25, 0.3) is 0 Å². The van der Waals surface area contributed by atoms with Crippen LogP contribution in [0.1, 0.15) is 25.0 Å². The lowest BCUT2D eigenvalue weighted by Gasteiger charge is -2.34. The minimum atomic E-state index is -1.18. The average Bonchev–Trinajstić information content (AvgIpc) is 2.41. The smallest absolute Gasteiger partial charge is 0.352 e. The second-order valence-corrected chi connectivity index (χ2v) is 5.36. The minimum Gasteiger partial charge on any atom is -0.477 e. The van der Waals surface area contributed by atoms with Crippen molar-refractivity contribution >= 4 is 11.9 Å². The van der Waals surface area contributed by atoms with Crippen LogP contribution >= 0.6 is 0 Å². The summed E-state index contributed by atoms with van der Waals surface area (Å²) in [5.74, 6) is -2.35. The van der Waals surface area contributed by atoms with E-state index in [1.165, 1.54) is 0 Å². The number of carboxylic acid groups (broad SMARTS) is 2. The summed E-state index contributed by atoms with van der Waals surface area (Å²) < 4.78 is 0. The lowest BCUT2D eigenvalue weighted by molar-refractivity contribution is -0.133. The van der Waals surface area contributed by atoms with Crippen LogP contribution in [0.2, 0.25) is 0 Å². The number of carboxylic acids is 2. The Morgan fingerprint density at radius 1 is 1.05 bits per heavy atom. The van der Waals surface area contributed by atoms with E-state index in [4.69, 9.17) is 0 Å². The summed E-state index contributed by atoms with van der Waals surface area (Å²) in [4.78, 5) is 22.6. The van der Waals surface area contributed by atoms with Crippen LogP contribution in [-0.4, -0.2) is 22.2 Å². The van der Waals surface area contributed by atoms with E-state index >= 15 is 0 Å². The van der Waals surface area contributed by atoms with Crippen molar-refractivity contribution in [3.63, 3.8) is 0 Å². The predicted molar refractivity (Wildman–Crippen MR) is 77.7 cm³/mol. The number of carbonyl (C=O) groups is 2. The second-order valence-electron chi connectivity index (χ2n) is 5.36. The van der Waals surface area contributed by atoms with E-state index in [-0.39, 0.29) is 11.4 Å². The van der Waals surface area contributed by atoms with Gasteiger partial charge >= 0.3 is 11.9 Å². The molecule has 1 aromatic carbocycles. The normalized spacial score (nSPS) is 21.6. The minimum absolute atomic E-state index is 0.0852. The third-order valence-electron chi connectivity index (χ3n) is 3.94. The first kappa shape index (κ1) is 14.8. The van der Waals surface area contributed by atoms with Crippen LogP contribution in [0.4, 0.5) is 0 Å².